The van der Waals surface area contributed by atoms with Crippen molar-refractivity contribution < 1.29 is 32.2 Å². The molecule has 0 bridgehead atoms. The average Bonchev–Trinajstić information content (AvgIpc) is 3.46. The topological polar surface area (TPSA) is 75.4 Å². The van der Waals surface area contributed by atoms with Crippen LogP contribution in [0.3, 0.4) is 0 Å². The van der Waals surface area contributed by atoms with Gasteiger partial charge in [-0.15, -0.1) is 0 Å². The van der Waals surface area contributed by atoms with Crippen molar-refractivity contribution in [2.75, 3.05) is 13.7 Å². The van der Waals surface area contributed by atoms with Gasteiger partial charge in [0.15, 0.2) is 11.6 Å². The van der Waals surface area contributed by atoms with Gasteiger partial charge in [0, 0.05) is 22.7 Å². The summed E-state index contributed by atoms with van der Waals surface area (Å²) in [6, 6.07) is 15.5. The van der Waals surface area contributed by atoms with Gasteiger partial charge >= 0.3 is 12.1 Å². The molecule has 5 aromatic rings. The largest absolute Gasteiger partial charge is 0.497 e. The van der Waals surface area contributed by atoms with Crippen LogP contribution in [0.25, 0.3) is 27.4 Å². The van der Waals surface area contributed by atoms with Crippen LogP contribution in [0.5, 0.6) is 5.75 Å². The Balaban J connectivity index is 1.74. The van der Waals surface area contributed by atoms with Gasteiger partial charge in [0.25, 0.3) is 0 Å². The molecule has 0 aliphatic heterocycles. The first-order valence-corrected chi connectivity index (χ1v) is 11.3. The Bertz CT molecular complexity index is 1710. The van der Waals surface area contributed by atoms with Crippen molar-refractivity contribution >= 4 is 33.6 Å². The first kappa shape index (κ1) is 24.1. The Labute approximate surface area is 208 Å². The Hall–Kier alpha value is -4.56. The molecule has 0 N–H and O–H groups in total. The van der Waals surface area contributed by atoms with Crippen LogP contribution in [0.15, 0.2) is 60.8 Å². The smallest absolute Gasteiger partial charge is 0.434 e. The molecular formula is C27H20F3N3O4. The van der Waals surface area contributed by atoms with Gasteiger partial charge < -0.3 is 14.0 Å². The van der Waals surface area contributed by atoms with Crippen molar-refractivity contribution in [3.8, 4) is 11.4 Å². The van der Waals surface area contributed by atoms with Crippen LogP contribution < -0.4 is 10.1 Å². The number of halogens is 3. The van der Waals surface area contributed by atoms with Crippen molar-refractivity contribution in [2.24, 2.45) is 0 Å². The summed E-state index contributed by atoms with van der Waals surface area (Å²) < 4.78 is 54.9. The van der Waals surface area contributed by atoms with Crippen LogP contribution in [-0.4, -0.2) is 40.0 Å². The number of alkyl halides is 3. The van der Waals surface area contributed by atoms with Gasteiger partial charge in [-0.25, -0.2) is 14.3 Å². The molecule has 0 atom stereocenters. The zero-order valence-corrected chi connectivity index (χ0v) is 19.8. The molecule has 0 radical (unpaired) electrons. The number of methoxy groups -OCH3 is 1. The van der Waals surface area contributed by atoms with Crippen LogP contribution in [0.1, 0.15) is 28.5 Å². The molecule has 0 amide bonds. The third-order valence-electron chi connectivity index (χ3n) is 6.17. The fraction of sp³-hybridized carbons (Fsp3) is 0.185. The lowest BCUT2D eigenvalue weighted by atomic mass is 10.1. The lowest BCUT2D eigenvalue weighted by Crippen LogP contribution is -2.18. The minimum absolute atomic E-state index is 0.0763. The van der Waals surface area contributed by atoms with Crippen LogP contribution in [0, 0.1) is 0 Å². The number of aromatic nitrogens is 3. The van der Waals surface area contributed by atoms with E-state index in [9.17, 15) is 22.8 Å². The van der Waals surface area contributed by atoms with E-state index in [4.69, 9.17) is 9.47 Å². The highest BCUT2D eigenvalue weighted by atomic mass is 19.4. The summed E-state index contributed by atoms with van der Waals surface area (Å²) in [6.45, 7) is 1.77. The number of carbonyl (C=O) groups is 1. The zero-order chi connectivity index (χ0) is 26.3. The van der Waals surface area contributed by atoms with E-state index in [0.29, 0.717) is 38.7 Å². The summed E-state index contributed by atoms with van der Waals surface area (Å²) in [5, 5.41) is 5.76. The highest BCUT2D eigenvalue weighted by Crippen LogP contribution is 2.37. The van der Waals surface area contributed by atoms with E-state index >= 15 is 0 Å². The maximum absolute atomic E-state index is 14.1. The summed E-state index contributed by atoms with van der Waals surface area (Å²) in [7, 11) is 1.57. The third kappa shape index (κ3) is 4.01. The summed E-state index contributed by atoms with van der Waals surface area (Å²) in [4.78, 5) is 24.3. The Morgan fingerprint density at radius 1 is 1.05 bits per heavy atom. The molecule has 2 heterocycles. The lowest BCUT2D eigenvalue weighted by Gasteiger charge is -2.14. The molecule has 0 saturated heterocycles. The number of hydrogen-bond acceptors (Lipinski definition) is 5. The number of carbonyl (C=O) groups excluding carboxylic acids is 2. The zero-order valence-electron chi connectivity index (χ0n) is 19.8. The van der Waals surface area contributed by atoms with E-state index in [1.807, 2.05) is 18.1 Å². The number of benzene rings is 3. The van der Waals surface area contributed by atoms with Gasteiger partial charge in [-0.1, -0.05) is 30.3 Å². The molecule has 0 saturated carbocycles. The van der Waals surface area contributed by atoms with Gasteiger partial charge in [-0.3, -0.25) is 0 Å². The van der Waals surface area contributed by atoms with Gasteiger partial charge in [-0.2, -0.15) is 18.3 Å². The highest BCUT2D eigenvalue weighted by molar-refractivity contribution is 6.13. The van der Waals surface area contributed by atoms with Gasteiger partial charge in [0.05, 0.1) is 31.1 Å². The van der Waals surface area contributed by atoms with Crippen molar-refractivity contribution in [3.63, 3.8) is 0 Å². The molecule has 10 heteroatoms. The van der Waals surface area contributed by atoms with E-state index in [1.54, 1.807) is 48.1 Å². The fourth-order valence-corrected chi connectivity index (χ4v) is 4.60. The Morgan fingerprint density at radius 3 is 2.43 bits per heavy atom. The SMILES string of the molecule is CCOC(=O)c1cnn(-c2ccc3c4c2cccc4c(=C=O)n3Cc2ccc(OC)cc2)c1C(F)(F)F. The predicted octanol–water partition coefficient (Wildman–Crippen LogP) is 4.45. The molecule has 3 aromatic carbocycles. The Kier molecular flexibility index (Phi) is 5.97. The number of rotatable bonds is 6. The minimum Gasteiger partial charge on any atom is -0.497 e. The highest BCUT2D eigenvalue weighted by Gasteiger charge is 2.41. The number of ether oxygens (including phenoxy) is 2. The van der Waals surface area contributed by atoms with E-state index in [-0.39, 0.29) is 17.6 Å². The van der Waals surface area contributed by atoms with Gasteiger partial charge in [0.2, 0.25) is 0 Å². The quantitative estimate of drug-likeness (QED) is 0.318. The monoisotopic (exact) mass is 507 g/mol. The van der Waals surface area contributed by atoms with Crippen molar-refractivity contribution in [2.45, 2.75) is 19.6 Å². The van der Waals surface area contributed by atoms with Crippen LogP contribution in [0.4, 0.5) is 13.2 Å². The third-order valence-corrected chi connectivity index (χ3v) is 6.17. The first-order valence-electron chi connectivity index (χ1n) is 11.3. The van der Waals surface area contributed by atoms with Crippen molar-refractivity contribution in [1.29, 1.82) is 0 Å². The lowest BCUT2D eigenvalue weighted by molar-refractivity contribution is -0.143. The summed E-state index contributed by atoms with van der Waals surface area (Å²) in [6.07, 6.45) is -4.02. The predicted molar refractivity (Wildman–Crippen MR) is 130 cm³/mol. The summed E-state index contributed by atoms with van der Waals surface area (Å²) in [5.74, 6) is 1.58. The normalized spacial score (nSPS) is 11.7. The second-order valence-electron chi connectivity index (χ2n) is 8.25. The molecule has 37 heavy (non-hydrogen) atoms. The van der Waals surface area contributed by atoms with Crippen LogP contribution >= 0.6 is 0 Å². The summed E-state index contributed by atoms with van der Waals surface area (Å²) >= 11 is 0. The molecule has 0 unspecified atom stereocenters. The van der Waals surface area contributed by atoms with E-state index < -0.39 is 23.4 Å². The fourth-order valence-electron chi connectivity index (χ4n) is 4.60. The maximum atomic E-state index is 14.1. The minimum atomic E-state index is -4.88. The van der Waals surface area contributed by atoms with Crippen LogP contribution in [0.2, 0.25) is 0 Å². The molecule has 7 nitrogen and oxygen atoms in total. The molecule has 0 fully saturated rings. The average molecular weight is 507 g/mol. The van der Waals surface area contributed by atoms with Gasteiger partial charge in [0.1, 0.15) is 16.7 Å². The van der Waals surface area contributed by atoms with E-state index in [1.165, 1.54) is 13.0 Å². The van der Waals surface area contributed by atoms with Crippen molar-refractivity contribution in [1.82, 2.24) is 14.3 Å². The number of nitrogens with zero attached hydrogens (tertiary/aromatic N) is 3. The molecule has 5 rings (SSSR count). The Morgan fingerprint density at radius 2 is 1.78 bits per heavy atom. The molecule has 0 aliphatic rings. The number of hydrogen-bond donors (Lipinski definition) is 0. The molecule has 2 aromatic heterocycles. The van der Waals surface area contributed by atoms with Gasteiger partial charge in [-0.05, 0) is 36.8 Å². The second-order valence-corrected chi connectivity index (χ2v) is 8.25. The number of esters is 1. The second kappa shape index (κ2) is 9.15. The summed E-state index contributed by atoms with van der Waals surface area (Å²) in [5.41, 5.74) is -0.253. The standard InChI is InChI=1S/C27H20F3N3O4/c1-3-37-26(35)20-13-31-33(25(20)27(28,29)30)21-11-12-22-24-18(21)5-4-6-19(24)23(15-34)32(22)14-16-7-9-17(36-2)10-8-16/h4-13H,3,14H2,1-2H3. The van der Waals surface area contributed by atoms with Crippen LogP contribution in [-0.2, 0) is 22.3 Å². The van der Waals surface area contributed by atoms with E-state index in [0.717, 1.165) is 11.8 Å². The molecule has 0 aliphatic carbocycles. The maximum Gasteiger partial charge on any atom is 0.434 e. The van der Waals surface area contributed by atoms with E-state index in [2.05, 4.69) is 5.10 Å². The van der Waals surface area contributed by atoms with Crippen molar-refractivity contribution in [3.05, 3.63) is 83.0 Å². The first-order chi connectivity index (χ1) is 17.8. The molecule has 0 spiro atoms. The molecular weight excluding hydrogens is 487 g/mol. The molecule has 188 valence electrons.